The Morgan fingerprint density at radius 1 is 0.500 bits per heavy atom. The minimum atomic E-state index is -4.61. The third-order valence-electron chi connectivity index (χ3n) is 0. The fourth-order valence-electron chi connectivity index (χ4n) is 0. The van der Waals surface area contributed by atoms with Gasteiger partial charge in [0.05, 0.1) is 0 Å². The van der Waals surface area contributed by atoms with Crippen molar-refractivity contribution in [1.82, 2.24) is 0 Å². The third kappa shape index (κ3) is 800. The molecule has 0 unspecified atom stereocenters. The Bertz CT molecular complexity index is 35.0. The Morgan fingerprint density at radius 2 is 0.500 bits per heavy atom. The summed E-state index contributed by atoms with van der Waals surface area (Å²) in [5.74, 6) is 0. The molecule has 12 heavy (non-hydrogen) atoms. The van der Waals surface area contributed by atoms with Gasteiger partial charge in [-0.2, -0.15) is 0 Å². The van der Waals surface area contributed by atoms with Crippen LogP contribution in [-0.4, -0.2) is 77.1 Å². The monoisotopic (exact) mass is 356 g/mol. The molecule has 0 spiro atoms. The van der Waals surface area contributed by atoms with Crippen LogP contribution in [0.3, 0.4) is 0 Å². The molecule has 0 aliphatic carbocycles. The van der Waals surface area contributed by atoms with Gasteiger partial charge in [0.1, 0.15) is 0 Å². The van der Waals surface area contributed by atoms with Crippen molar-refractivity contribution >= 4 is 57.9 Å². The maximum absolute atomic E-state index is 7.33. The summed E-state index contributed by atoms with van der Waals surface area (Å²) in [7, 11) is -4.61. The van der Waals surface area contributed by atoms with E-state index in [0.717, 1.165) is 0 Å². The van der Waals surface area contributed by atoms with E-state index in [1.807, 2.05) is 0 Å². The number of halogens is 6. The molecule has 0 aromatic carbocycles. The van der Waals surface area contributed by atoms with E-state index >= 15 is 0 Å². The van der Waals surface area contributed by atoms with E-state index in [1.54, 1.807) is 0 Å². The van der Waals surface area contributed by atoms with Gasteiger partial charge in [-0.3, -0.25) is 28.2 Å². The zero-order valence-electron chi connectivity index (χ0n) is 4.74. The van der Waals surface area contributed by atoms with Crippen LogP contribution in [0.4, 0.5) is 28.2 Å². The predicted molar refractivity (Wildman–Crippen MR) is 38.2 cm³/mol. The number of hydrogen-bond acceptors (Lipinski definition) is 4. The number of hydrogen-bond donors (Lipinski definition) is 4. The molecule has 0 aromatic heterocycles. The first-order valence-electron chi connectivity index (χ1n) is 0.894. The average molecular weight is 355 g/mol. The Labute approximate surface area is 104 Å². The molecule has 0 radical (unpaired) electrons. The van der Waals surface area contributed by atoms with E-state index in [4.69, 9.17) is 19.2 Å². The Hall–Kier alpha value is 1.21. The van der Waals surface area contributed by atoms with Gasteiger partial charge >= 0.3 is 57.9 Å². The van der Waals surface area contributed by atoms with Gasteiger partial charge in [-0.15, -0.1) is 0 Å². The SMILES string of the molecule is F.F.F.F.F.F.O[Si](O)(O)O.[BaH2]. The van der Waals surface area contributed by atoms with Crippen LogP contribution in [0.5, 0.6) is 0 Å². The van der Waals surface area contributed by atoms with Crippen LogP contribution in [0.15, 0.2) is 0 Å². The van der Waals surface area contributed by atoms with Gasteiger partial charge in [-0.05, 0) is 0 Å². The van der Waals surface area contributed by atoms with Crippen molar-refractivity contribution in [1.29, 1.82) is 0 Å². The zero-order chi connectivity index (χ0) is 4.50. The van der Waals surface area contributed by atoms with Crippen LogP contribution in [0.25, 0.3) is 0 Å². The second-order valence-electron chi connectivity index (χ2n) is 0.600. The van der Waals surface area contributed by atoms with Crippen LogP contribution in [0.2, 0.25) is 0 Å². The van der Waals surface area contributed by atoms with Gasteiger partial charge in [-0.1, -0.05) is 0 Å². The molecule has 0 aliphatic heterocycles. The summed E-state index contributed by atoms with van der Waals surface area (Å²) in [6, 6.07) is 0. The predicted octanol–water partition coefficient (Wildman–Crippen LogP) is -2.61. The second-order valence-corrected chi connectivity index (χ2v) is 1.80. The number of rotatable bonds is 0. The van der Waals surface area contributed by atoms with Crippen molar-refractivity contribution in [3.8, 4) is 0 Å². The van der Waals surface area contributed by atoms with Crippen molar-refractivity contribution < 1.29 is 47.4 Å². The molecule has 0 heterocycles. The summed E-state index contributed by atoms with van der Waals surface area (Å²) in [6.45, 7) is 0. The van der Waals surface area contributed by atoms with Crippen LogP contribution in [0.1, 0.15) is 0 Å². The normalized spacial score (nSPS) is 5.00. The zero-order valence-corrected chi connectivity index (χ0v) is 5.74. The summed E-state index contributed by atoms with van der Waals surface area (Å²) < 4.78 is 0. The summed E-state index contributed by atoms with van der Waals surface area (Å²) >= 11 is 0. The summed E-state index contributed by atoms with van der Waals surface area (Å²) in [6.07, 6.45) is 0. The van der Waals surface area contributed by atoms with E-state index in [9.17, 15) is 0 Å². The van der Waals surface area contributed by atoms with Crippen molar-refractivity contribution in [2.45, 2.75) is 0 Å². The molecular weight excluding hydrogens is 343 g/mol. The Morgan fingerprint density at radius 3 is 0.500 bits per heavy atom. The van der Waals surface area contributed by atoms with Crippen LogP contribution >= 0.6 is 0 Å². The van der Waals surface area contributed by atoms with Crippen molar-refractivity contribution in [3.63, 3.8) is 0 Å². The molecule has 12 heteroatoms. The Kier molecular flexibility index (Phi) is 179. The fourth-order valence-corrected chi connectivity index (χ4v) is 0. The first-order valence-corrected chi connectivity index (χ1v) is 2.68. The van der Waals surface area contributed by atoms with Crippen LogP contribution in [0, 0.1) is 0 Å². The van der Waals surface area contributed by atoms with Gasteiger partial charge in [0, 0.05) is 0 Å². The first-order chi connectivity index (χ1) is 2.00. The molecule has 0 fully saturated rings. The standard InChI is InChI=1S/Ba.6FH.H4O4Si.2H/c;;;;;;;1-5(2,3)4;;/h;6*1H;1-4H;;. The van der Waals surface area contributed by atoms with E-state index in [-0.39, 0.29) is 77.1 Å². The van der Waals surface area contributed by atoms with Crippen molar-refractivity contribution in [2.24, 2.45) is 0 Å². The molecule has 0 saturated heterocycles. The van der Waals surface area contributed by atoms with E-state index in [0.29, 0.717) is 0 Å². The van der Waals surface area contributed by atoms with Crippen molar-refractivity contribution in [2.75, 3.05) is 0 Å². The van der Waals surface area contributed by atoms with Gasteiger partial charge in [0.25, 0.3) is 0 Å². The minimum absolute atomic E-state index is 0. The second kappa shape index (κ2) is 29.5. The average Bonchev–Trinajstić information content (AvgIpc) is 0.722. The van der Waals surface area contributed by atoms with Crippen LogP contribution < -0.4 is 0 Å². The molecule has 0 amide bonds. The first kappa shape index (κ1) is 72.6. The Balaban J connectivity index is -0.00000000381. The van der Waals surface area contributed by atoms with E-state index in [1.165, 1.54) is 0 Å². The third-order valence-corrected chi connectivity index (χ3v) is 0. The van der Waals surface area contributed by atoms with Gasteiger partial charge in [0.15, 0.2) is 0 Å². The van der Waals surface area contributed by atoms with Gasteiger partial charge in [0.2, 0.25) is 0 Å². The van der Waals surface area contributed by atoms with Crippen molar-refractivity contribution in [3.05, 3.63) is 0 Å². The fraction of sp³-hybridized carbons (Fsp3) is 0. The van der Waals surface area contributed by atoms with Crippen LogP contribution in [-0.2, 0) is 0 Å². The molecule has 0 bridgehead atoms. The quantitative estimate of drug-likeness (QED) is 0.284. The molecule has 0 atom stereocenters. The molecule has 0 rings (SSSR count). The maximum atomic E-state index is 7.33. The van der Waals surface area contributed by atoms with E-state index in [2.05, 4.69) is 0 Å². The molecule has 0 aromatic rings. The topological polar surface area (TPSA) is 80.9 Å². The summed E-state index contributed by atoms with van der Waals surface area (Å²) in [5.41, 5.74) is 0. The molecular formula is H12BaF6O4Si. The molecule has 0 aliphatic rings. The molecule has 4 nitrogen and oxygen atoms in total. The molecule has 84 valence electrons. The summed E-state index contributed by atoms with van der Waals surface area (Å²) in [4.78, 5) is 29.3. The molecule has 0 saturated carbocycles. The molecule has 4 N–H and O–H groups in total. The summed E-state index contributed by atoms with van der Waals surface area (Å²) in [5, 5.41) is 0. The van der Waals surface area contributed by atoms with E-state index < -0.39 is 9.05 Å². The van der Waals surface area contributed by atoms with Gasteiger partial charge in [-0.25, -0.2) is 0 Å². The van der Waals surface area contributed by atoms with Gasteiger partial charge < -0.3 is 19.2 Å².